The summed E-state index contributed by atoms with van der Waals surface area (Å²) in [6.45, 7) is 0.497. The molecule has 13 heavy (non-hydrogen) atoms. The SMILES string of the molecule is CC(O)[C@@H](O)[C@H](O)[C@H](O)[C@@H](O)CO. The van der Waals surface area contributed by atoms with Crippen LogP contribution in [0.4, 0.5) is 0 Å². The van der Waals surface area contributed by atoms with Crippen LogP contribution in [0.3, 0.4) is 0 Å². The van der Waals surface area contributed by atoms with Gasteiger partial charge >= 0.3 is 0 Å². The molecule has 6 N–H and O–H groups in total. The van der Waals surface area contributed by atoms with Crippen LogP contribution in [-0.4, -0.2) is 67.8 Å². The van der Waals surface area contributed by atoms with Crippen molar-refractivity contribution < 1.29 is 30.6 Å². The fourth-order valence-corrected chi connectivity index (χ4v) is 0.823. The van der Waals surface area contributed by atoms with Gasteiger partial charge in [-0.05, 0) is 6.92 Å². The standard InChI is InChI=1S/C7H16O6/c1-3(9)5(11)7(13)6(12)4(10)2-8/h3-13H,2H2,1H3/t3?,4-,5+,6+,7-/m0/s1. The summed E-state index contributed by atoms with van der Waals surface area (Å²) < 4.78 is 0. The quantitative estimate of drug-likeness (QED) is 0.275. The summed E-state index contributed by atoms with van der Waals surface area (Å²) in [6.07, 6.45) is -7.70. The van der Waals surface area contributed by atoms with E-state index in [1.807, 2.05) is 0 Å². The van der Waals surface area contributed by atoms with E-state index in [-0.39, 0.29) is 0 Å². The van der Waals surface area contributed by atoms with Crippen LogP contribution < -0.4 is 0 Å². The molecule has 6 heteroatoms. The summed E-state index contributed by atoms with van der Waals surface area (Å²) in [6, 6.07) is 0. The zero-order valence-electron chi connectivity index (χ0n) is 7.28. The van der Waals surface area contributed by atoms with E-state index >= 15 is 0 Å². The third-order valence-electron chi connectivity index (χ3n) is 1.78. The smallest absolute Gasteiger partial charge is 0.111 e. The minimum atomic E-state index is -1.69. The predicted molar refractivity (Wildman–Crippen MR) is 42.8 cm³/mol. The van der Waals surface area contributed by atoms with Gasteiger partial charge in [-0.1, -0.05) is 0 Å². The van der Waals surface area contributed by atoms with E-state index in [1.54, 1.807) is 0 Å². The van der Waals surface area contributed by atoms with Crippen molar-refractivity contribution in [3.8, 4) is 0 Å². The van der Waals surface area contributed by atoms with Crippen LogP contribution in [-0.2, 0) is 0 Å². The number of hydrogen-bond acceptors (Lipinski definition) is 6. The Morgan fingerprint density at radius 2 is 1.31 bits per heavy atom. The van der Waals surface area contributed by atoms with Crippen LogP contribution in [0.25, 0.3) is 0 Å². The molecule has 0 rings (SSSR count). The highest BCUT2D eigenvalue weighted by atomic mass is 16.4. The van der Waals surface area contributed by atoms with Crippen molar-refractivity contribution in [2.24, 2.45) is 0 Å². The first-order valence-corrected chi connectivity index (χ1v) is 3.93. The average Bonchev–Trinajstić information content (AvgIpc) is 2.12. The number of rotatable bonds is 5. The van der Waals surface area contributed by atoms with Gasteiger partial charge in [-0.15, -0.1) is 0 Å². The molecular formula is C7H16O6. The van der Waals surface area contributed by atoms with E-state index in [2.05, 4.69) is 0 Å². The molecule has 0 saturated carbocycles. The Kier molecular flexibility index (Phi) is 5.38. The Labute approximate surface area is 75.7 Å². The van der Waals surface area contributed by atoms with Gasteiger partial charge in [0.1, 0.15) is 24.4 Å². The first kappa shape index (κ1) is 12.8. The van der Waals surface area contributed by atoms with Gasteiger partial charge in [0.15, 0.2) is 0 Å². The van der Waals surface area contributed by atoms with E-state index in [4.69, 9.17) is 30.6 Å². The summed E-state index contributed by atoms with van der Waals surface area (Å²) in [4.78, 5) is 0. The molecule has 5 atom stereocenters. The van der Waals surface area contributed by atoms with Gasteiger partial charge in [-0.2, -0.15) is 0 Å². The van der Waals surface area contributed by atoms with E-state index in [9.17, 15) is 0 Å². The maximum Gasteiger partial charge on any atom is 0.111 e. The second kappa shape index (κ2) is 5.48. The Hall–Kier alpha value is -0.240. The van der Waals surface area contributed by atoms with E-state index < -0.39 is 37.1 Å². The van der Waals surface area contributed by atoms with Gasteiger partial charge in [0.05, 0.1) is 12.7 Å². The van der Waals surface area contributed by atoms with Crippen LogP contribution >= 0.6 is 0 Å². The van der Waals surface area contributed by atoms with Crippen molar-refractivity contribution in [1.29, 1.82) is 0 Å². The largest absolute Gasteiger partial charge is 0.394 e. The van der Waals surface area contributed by atoms with Crippen molar-refractivity contribution in [3.05, 3.63) is 0 Å². The lowest BCUT2D eigenvalue weighted by molar-refractivity contribution is -0.137. The third-order valence-corrected chi connectivity index (χ3v) is 1.78. The highest BCUT2D eigenvalue weighted by Gasteiger charge is 2.32. The second-order valence-corrected chi connectivity index (χ2v) is 2.96. The molecule has 0 aromatic rings. The molecule has 80 valence electrons. The molecule has 0 bridgehead atoms. The van der Waals surface area contributed by atoms with Gasteiger partial charge in [-0.25, -0.2) is 0 Å². The van der Waals surface area contributed by atoms with Crippen molar-refractivity contribution in [3.63, 3.8) is 0 Å². The lowest BCUT2D eigenvalue weighted by atomic mass is 10.0. The van der Waals surface area contributed by atoms with Gasteiger partial charge in [0.25, 0.3) is 0 Å². The lowest BCUT2D eigenvalue weighted by Gasteiger charge is -2.26. The molecular weight excluding hydrogens is 180 g/mol. The molecule has 0 aromatic heterocycles. The molecule has 0 heterocycles. The fourth-order valence-electron chi connectivity index (χ4n) is 0.823. The van der Waals surface area contributed by atoms with Crippen molar-refractivity contribution in [1.82, 2.24) is 0 Å². The first-order chi connectivity index (χ1) is 5.91. The zero-order chi connectivity index (χ0) is 10.6. The molecule has 0 radical (unpaired) electrons. The Balaban J connectivity index is 4.15. The summed E-state index contributed by atoms with van der Waals surface area (Å²) >= 11 is 0. The van der Waals surface area contributed by atoms with Crippen LogP contribution in [0.1, 0.15) is 6.92 Å². The summed E-state index contributed by atoms with van der Waals surface area (Å²) in [5, 5.41) is 53.4. The van der Waals surface area contributed by atoms with Gasteiger partial charge in [-0.3, -0.25) is 0 Å². The molecule has 6 nitrogen and oxygen atoms in total. The second-order valence-electron chi connectivity index (χ2n) is 2.96. The van der Waals surface area contributed by atoms with Gasteiger partial charge < -0.3 is 30.6 Å². The van der Waals surface area contributed by atoms with E-state index in [0.29, 0.717) is 0 Å². The molecule has 0 spiro atoms. The van der Waals surface area contributed by atoms with E-state index in [1.165, 1.54) is 6.92 Å². The maximum absolute atomic E-state index is 9.13. The van der Waals surface area contributed by atoms with Crippen molar-refractivity contribution >= 4 is 0 Å². The predicted octanol–water partition coefficient (Wildman–Crippen LogP) is -3.20. The average molecular weight is 196 g/mol. The molecule has 0 aliphatic rings. The molecule has 1 unspecified atom stereocenters. The summed E-state index contributed by atoms with van der Waals surface area (Å²) in [5.74, 6) is 0. The molecule has 0 aliphatic heterocycles. The van der Waals surface area contributed by atoms with Gasteiger partial charge in [0.2, 0.25) is 0 Å². The number of aliphatic hydroxyl groups excluding tert-OH is 6. The maximum atomic E-state index is 9.13. The molecule has 0 amide bonds. The van der Waals surface area contributed by atoms with Crippen LogP contribution in [0, 0.1) is 0 Å². The lowest BCUT2D eigenvalue weighted by Crippen LogP contribution is -2.49. The highest BCUT2D eigenvalue weighted by Crippen LogP contribution is 2.07. The topological polar surface area (TPSA) is 121 Å². The van der Waals surface area contributed by atoms with Crippen LogP contribution in [0.15, 0.2) is 0 Å². The molecule has 0 saturated heterocycles. The van der Waals surface area contributed by atoms with Crippen LogP contribution in [0.2, 0.25) is 0 Å². The Morgan fingerprint density at radius 3 is 1.62 bits per heavy atom. The minimum Gasteiger partial charge on any atom is -0.394 e. The third kappa shape index (κ3) is 3.55. The van der Waals surface area contributed by atoms with Crippen molar-refractivity contribution in [2.45, 2.75) is 37.4 Å². The Bertz CT molecular complexity index is 139. The normalized spacial score (nSPS) is 23.3. The summed E-state index contributed by atoms with van der Waals surface area (Å²) in [5.41, 5.74) is 0. The van der Waals surface area contributed by atoms with E-state index in [0.717, 1.165) is 0 Å². The zero-order valence-corrected chi connectivity index (χ0v) is 7.28. The van der Waals surface area contributed by atoms with Gasteiger partial charge in [0, 0.05) is 0 Å². The molecule has 0 fully saturated rings. The monoisotopic (exact) mass is 196 g/mol. The minimum absolute atomic E-state index is 0.731. The summed E-state index contributed by atoms with van der Waals surface area (Å²) in [7, 11) is 0. The molecule has 0 aliphatic carbocycles. The number of hydrogen-bond donors (Lipinski definition) is 6. The molecule has 0 aromatic carbocycles. The fraction of sp³-hybridized carbons (Fsp3) is 1.00. The highest BCUT2D eigenvalue weighted by molar-refractivity contribution is 4.82. The Morgan fingerprint density at radius 1 is 0.846 bits per heavy atom. The first-order valence-electron chi connectivity index (χ1n) is 3.93. The number of aliphatic hydroxyl groups is 6. The van der Waals surface area contributed by atoms with Crippen LogP contribution in [0.5, 0.6) is 0 Å². The van der Waals surface area contributed by atoms with Crippen molar-refractivity contribution in [2.75, 3.05) is 6.61 Å².